The molecule has 0 saturated carbocycles. The molecule has 0 N–H and O–H groups in total. The molecule has 0 aliphatic rings. The number of carbonyl (C=O) groups excluding carboxylic acids is 2. The monoisotopic (exact) mass is 499 g/mol. The Morgan fingerprint density at radius 1 is 0.838 bits per heavy atom. The summed E-state index contributed by atoms with van der Waals surface area (Å²) in [6.45, 7) is 5.40. The highest BCUT2D eigenvalue weighted by Crippen LogP contribution is 2.22. The predicted molar refractivity (Wildman–Crippen MR) is 146 cm³/mol. The van der Waals surface area contributed by atoms with Gasteiger partial charge >= 0.3 is 11.9 Å². The molecule has 3 aromatic carbocycles. The molecule has 192 valence electrons. The average Bonchev–Trinajstić information content (AvgIpc) is 2.90. The van der Waals surface area contributed by atoms with Crippen molar-refractivity contribution in [1.82, 2.24) is 0 Å². The molecular weight excluding hydrogens is 466 g/mol. The van der Waals surface area contributed by atoms with Gasteiger partial charge in [-0.2, -0.15) is 0 Å². The fourth-order valence-corrected chi connectivity index (χ4v) is 3.66. The maximum Gasteiger partial charge on any atom is 0.333 e. The van der Waals surface area contributed by atoms with E-state index in [4.69, 9.17) is 19.2 Å². The van der Waals surface area contributed by atoms with E-state index in [1.807, 2.05) is 72.8 Å². The quantitative estimate of drug-likeness (QED) is 0.209. The number of methoxy groups -OCH3 is 2. The van der Waals surface area contributed by atoms with Gasteiger partial charge in [0.2, 0.25) is 0 Å². The molecule has 0 aromatic heterocycles. The summed E-state index contributed by atoms with van der Waals surface area (Å²) in [5.74, 6) is -0.370. The molecule has 1 atom stereocenters. The van der Waals surface area contributed by atoms with Crippen LogP contribution in [0.3, 0.4) is 0 Å². The molecule has 0 fully saturated rings. The Morgan fingerprint density at radius 2 is 1.38 bits per heavy atom. The molecule has 0 saturated heterocycles. The van der Waals surface area contributed by atoms with Gasteiger partial charge in [0.15, 0.2) is 6.04 Å². The smallest absolute Gasteiger partial charge is 0.333 e. The van der Waals surface area contributed by atoms with Crippen LogP contribution in [0.1, 0.15) is 43.9 Å². The van der Waals surface area contributed by atoms with E-state index in [1.165, 1.54) is 7.11 Å². The van der Waals surface area contributed by atoms with Crippen molar-refractivity contribution in [1.29, 1.82) is 0 Å². The summed E-state index contributed by atoms with van der Waals surface area (Å²) in [4.78, 5) is 31.1. The Bertz CT molecular complexity index is 1200. The van der Waals surface area contributed by atoms with Crippen LogP contribution in [-0.2, 0) is 19.1 Å². The van der Waals surface area contributed by atoms with Gasteiger partial charge in [-0.05, 0) is 44.5 Å². The number of esters is 2. The minimum Gasteiger partial charge on any atom is -0.497 e. The highest BCUT2D eigenvalue weighted by molar-refractivity contribution is 6.13. The Hall–Kier alpha value is -4.19. The standard InChI is InChI=1S/C31H33NO5/c1-31(2,3)37-30(34)27(21-25(29(33)36-5)20-22-16-18-26(35-4)19-17-22)32-28(23-12-8-6-9-13-23)24-14-10-7-11-15-24/h6-20,27H,21H2,1-5H3/b25-20-/t27-/m0/s1. The number of ether oxygens (including phenoxy) is 3. The second-order valence-electron chi connectivity index (χ2n) is 9.40. The van der Waals surface area contributed by atoms with Gasteiger partial charge in [-0.1, -0.05) is 72.8 Å². The lowest BCUT2D eigenvalue weighted by Crippen LogP contribution is -2.32. The van der Waals surface area contributed by atoms with E-state index in [-0.39, 0.29) is 6.42 Å². The van der Waals surface area contributed by atoms with Crippen LogP contribution in [0.25, 0.3) is 6.08 Å². The Labute approximate surface area is 218 Å². The average molecular weight is 500 g/mol. The van der Waals surface area contributed by atoms with Crippen molar-refractivity contribution < 1.29 is 23.8 Å². The van der Waals surface area contributed by atoms with Crippen molar-refractivity contribution in [2.24, 2.45) is 4.99 Å². The fourth-order valence-electron chi connectivity index (χ4n) is 3.66. The summed E-state index contributed by atoms with van der Waals surface area (Å²) < 4.78 is 16.0. The Balaban J connectivity index is 2.11. The first-order valence-electron chi connectivity index (χ1n) is 12.0. The van der Waals surface area contributed by atoms with Crippen molar-refractivity contribution in [3.63, 3.8) is 0 Å². The van der Waals surface area contributed by atoms with Crippen molar-refractivity contribution in [2.75, 3.05) is 14.2 Å². The zero-order valence-electron chi connectivity index (χ0n) is 21.9. The third-order valence-electron chi connectivity index (χ3n) is 5.38. The number of benzene rings is 3. The van der Waals surface area contributed by atoms with Crippen LogP contribution in [0.5, 0.6) is 5.75 Å². The number of aliphatic imine (C=N–C) groups is 1. The third-order valence-corrected chi connectivity index (χ3v) is 5.38. The summed E-state index contributed by atoms with van der Waals surface area (Å²) in [6, 6.07) is 25.5. The van der Waals surface area contributed by atoms with E-state index < -0.39 is 23.6 Å². The van der Waals surface area contributed by atoms with Crippen LogP contribution in [0, 0.1) is 0 Å². The molecule has 3 aromatic rings. The number of rotatable bonds is 9. The first-order chi connectivity index (χ1) is 17.7. The van der Waals surface area contributed by atoms with Gasteiger partial charge in [0.25, 0.3) is 0 Å². The number of nitrogens with zero attached hydrogens (tertiary/aromatic N) is 1. The van der Waals surface area contributed by atoms with E-state index >= 15 is 0 Å². The lowest BCUT2D eigenvalue weighted by Gasteiger charge is -2.23. The molecule has 3 rings (SSSR count). The van der Waals surface area contributed by atoms with E-state index in [0.29, 0.717) is 17.0 Å². The lowest BCUT2D eigenvalue weighted by molar-refractivity contribution is -0.156. The summed E-state index contributed by atoms with van der Waals surface area (Å²) in [5, 5.41) is 0. The van der Waals surface area contributed by atoms with Crippen LogP contribution < -0.4 is 4.74 Å². The molecule has 6 heteroatoms. The summed E-state index contributed by atoms with van der Waals surface area (Å²) in [7, 11) is 2.90. The van der Waals surface area contributed by atoms with Crippen molar-refractivity contribution >= 4 is 23.7 Å². The highest BCUT2D eigenvalue weighted by Gasteiger charge is 2.29. The number of hydrogen-bond acceptors (Lipinski definition) is 6. The Morgan fingerprint density at radius 3 is 1.84 bits per heavy atom. The normalized spacial score (nSPS) is 12.3. The van der Waals surface area contributed by atoms with Gasteiger partial charge in [0.05, 0.1) is 19.9 Å². The molecule has 0 bridgehead atoms. The van der Waals surface area contributed by atoms with E-state index in [2.05, 4.69) is 0 Å². The lowest BCUT2D eigenvalue weighted by atomic mass is 9.99. The molecule has 0 heterocycles. The predicted octanol–water partition coefficient (Wildman–Crippen LogP) is 5.89. The van der Waals surface area contributed by atoms with Gasteiger partial charge in [-0.25, -0.2) is 9.59 Å². The first kappa shape index (κ1) is 27.4. The van der Waals surface area contributed by atoms with Crippen LogP contribution in [0.2, 0.25) is 0 Å². The number of hydrogen-bond donors (Lipinski definition) is 0. The van der Waals surface area contributed by atoms with Crippen LogP contribution in [-0.4, -0.2) is 43.5 Å². The van der Waals surface area contributed by atoms with Gasteiger partial charge in [-0.3, -0.25) is 4.99 Å². The maximum absolute atomic E-state index is 13.4. The Kier molecular flexibility index (Phi) is 9.39. The SMILES string of the molecule is COC(=O)/C(=C\c1ccc(OC)cc1)C[C@H](N=C(c1ccccc1)c1ccccc1)C(=O)OC(C)(C)C. The molecule has 6 nitrogen and oxygen atoms in total. The summed E-state index contributed by atoms with van der Waals surface area (Å²) in [5.41, 5.74) is 2.66. The molecule has 0 amide bonds. The van der Waals surface area contributed by atoms with Crippen LogP contribution in [0.4, 0.5) is 0 Å². The molecule has 0 aliphatic heterocycles. The molecule has 0 aliphatic carbocycles. The van der Waals surface area contributed by atoms with E-state index in [0.717, 1.165) is 16.7 Å². The van der Waals surface area contributed by atoms with Gasteiger partial charge < -0.3 is 14.2 Å². The number of carbonyl (C=O) groups is 2. The molecule has 0 radical (unpaired) electrons. The van der Waals surface area contributed by atoms with Crippen molar-refractivity contribution in [3.8, 4) is 5.75 Å². The molecule has 0 spiro atoms. The second kappa shape index (κ2) is 12.7. The van der Waals surface area contributed by atoms with Crippen molar-refractivity contribution in [3.05, 3.63) is 107 Å². The molecule has 0 unspecified atom stereocenters. The summed E-state index contributed by atoms with van der Waals surface area (Å²) >= 11 is 0. The molecular formula is C31H33NO5. The minimum atomic E-state index is -0.988. The van der Waals surface area contributed by atoms with Crippen molar-refractivity contribution in [2.45, 2.75) is 38.8 Å². The van der Waals surface area contributed by atoms with E-state index in [1.54, 1.807) is 46.1 Å². The summed E-state index contributed by atoms with van der Waals surface area (Å²) in [6.07, 6.45) is 1.69. The highest BCUT2D eigenvalue weighted by atomic mass is 16.6. The topological polar surface area (TPSA) is 74.2 Å². The zero-order valence-corrected chi connectivity index (χ0v) is 21.9. The van der Waals surface area contributed by atoms with Gasteiger partial charge in [0, 0.05) is 23.1 Å². The third kappa shape index (κ3) is 8.17. The largest absolute Gasteiger partial charge is 0.497 e. The first-order valence-corrected chi connectivity index (χ1v) is 12.0. The minimum absolute atomic E-state index is 0.00319. The van der Waals surface area contributed by atoms with Crippen LogP contribution in [0.15, 0.2) is 95.5 Å². The zero-order chi connectivity index (χ0) is 26.8. The van der Waals surface area contributed by atoms with Gasteiger partial charge in [-0.15, -0.1) is 0 Å². The molecule has 37 heavy (non-hydrogen) atoms. The van der Waals surface area contributed by atoms with Crippen LogP contribution >= 0.6 is 0 Å². The fraction of sp³-hybridized carbons (Fsp3) is 0.258. The van der Waals surface area contributed by atoms with E-state index in [9.17, 15) is 9.59 Å². The second-order valence-corrected chi connectivity index (χ2v) is 9.40. The van der Waals surface area contributed by atoms with Gasteiger partial charge in [0.1, 0.15) is 11.4 Å². The maximum atomic E-state index is 13.4.